The molecule has 4 aromatic rings. The Morgan fingerprint density at radius 1 is 0.852 bits per heavy atom. The minimum atomic E-state index is -0.561. The van der Waals surface area contributed by atoms with Crippen molar-refractivity contribution in [1.82, 2.24) is 9.78 Å². The lowest BCUT2D eigenvalue weighted by Crippen LogP contribution is -2.03. The molecule has 0 N–H and O–H groups in total. The zero-order valence-electron chi connectivity index (χ0n) is 14.3. The van der Waals surface area contributed by atoms with Gasteiger partial charge in [-0.05, 0) is 18.2 Å². The topological polar surface area (TPSA) is 30.2 Å². The van der Waals surface area contributed by atoms with Crippen LogP contribution in [0.2, 0.25) is 5.02 Å². The van der Waals surface area contributed by atoms with Gasteiger partial charge in [-0.15, -0.1) is 5.10 Å². The summed E-state index contributed by atoms with van der Waals surface area (Å²) in [6, 6.07) is 26.6. The molecule has 4 rings (SSSR count). The van der Waals surface area contributed by atoms with Gasteiger partial charge in [0.05, 0.1) is 22.1 Å². The molecule has 3 nitrogen and oxygen atoms in total. The summed E-state index contributed by atoms with van der Waals surface area (Å²) >= 11 is 6.28. The van der Waals surface area contributed by atoms with E-state index in [9.17, 15) is 4.39 Å². The highest BCUT2D eigenvalue weighted by molar-refractivity contribution is 6.32. The highest BCUT2D eigenvalue weighted by Crippen LogP contribution is 2.27. The van der Waals surface area contributed by atoms with E-state index in [1.807, 2.05) is 66.7 Å². The number of nitrogens with zero attached hydrogens (tertiary/aromatic N) is 3. The Morgan fingerprint density at radius 3 is 2.04 bits per heavy atom. The van der Waals surface area contributed by atoms with Gasteiger partial charge in [-0.1, -0.05) is 72.3 Å². The number of aromatic nitrogens is 2. The van der Waals surface area contributed by atoms with Gasteiger partial charge in [-0.2, -0.15) is 4.39 Å². The van der Waals surface area contributed by atoms with Gasteiger partial charge in [0.15, 0.2) is 0 Å². The van der Waals surface area contributed by atoms with Crippen molar-refractivity contribution in [3.63, 3.8) is 0 Å². The van der Waals surface area contributed by atoms with Gasteiger partial charge in [-0.25, -0.2) is 9.67 Å². The van der Waals surface area contributed by atoms with Crippen LogP contribution in [0.1, 0.15) is 11.1 Å². The Bertz CT molecular complexity index is 1050. The first-order valence-electron chi connectivity index (χ1n) is 8.41. The van der Waals surface area contributed by atoms with Crippen molar-refractivity contribution < 1.29 is 4.39 Å². The van der Waals surface area contributed by atoms with Gasteiger partial charge in [0.25, 0.3) is 0 Å². The molecule has 1 aromatic heterocycles. The molecule has 0 atom stereocenters. The largest absolute Gasteiger partial charge is 0.248 e. The summed E-state index contributed by atoms with van der Waals surface area (Å²) in [5, 5.41) is 4.27. The smallest absolute Gasteiger partial charge is 0.233 e. The Morgan fingerprint density at radius 2 is 1.48 bits per heavy atom. The van der Waals surface area contributed by atoms with E-state index >= 15 is 0 Å². The van der Waals surface area contributed by atoms with Crippen LogP contribution in [-0.2, 0) is 0 Å². The maximum absolute atomic E-state index is 13.3. The van der Waals surface area contributed by atoms with Crippen LogP contribution in [-0.4, -0.2) is 15.5 Å². The molecular weight excluding hydrogens is 361 g/mol. The SMILES string of the molecule is Fc1ccn(-c2cc(N=C(c3ccccc3)c3ccccc3)ccc2Cl)n1. The third-order valence-corrected chi connectivity index (χ3v) is 4.39. The molecule has 0 amide bonds. The zero-order chi connectivity index (χ0) is 18.6. The zero-order valence-corrected chi connectivity index (χ0v) is 15.0. The quantitative estimate of drug-likeness (QED) is 0.412. The number of benzene rings is 3. The van der Waals surface area contributed by atoms with Crippen molar-refractivity contribution >= 4 is 23.0 Å². The van der Waals surface area contributed by atoms with Gasteiger partial charge in [-0.3, -0.25) is 0 Å². The monoisotopic (exact) mass is 375 g/mol. The van der Waals surface area contributed by atoms with Crippen molar-refractivity contribution in [3.05, 3.63) is 113 Å². The lowest BCUT2D eigenvalue weighted by Gasteiger charge is -2.09. The molecule has 0 aliphatic carbocycles. The molecule has 5 heteroatoms. The van der Waals surface area contributed by atoms with Crippen LogP contribution in [0.4, 0.5) is 10.1 Å². The fraction of sp³-hybridized carbons (Fsp3) is 0. The van der Waals surface area contributed by atoms with Gasteiger partial charge in [0, 0.05) is 23.4 Å². The highest BCUT2D eigenvalue weighted by atomic mass is 35.5. The molecule has 132 valence electrons. The van der Waals surface area contributed by atoms with Crippen LogP contribution in [0.15, 0.2) is 96.1 Å². The number of hydrogen-bond donors (Lipinski definition) is 0. The fourth-order valence-electron chi connectivity index (χ4n) is 2.80. The van der Waals surface area contributed by atoms with Gasteiger partial charge in [0.2, 0.25) is 5.95 Å². The van der Waals surface area contributed by atoms with Crippen molar-refractivity contribution in [3.8, 4) is 5.69 Å². The van der Waals surface area contributed by atoms with E-state index < -0.39 is 5.95 Å². The van der Waals surface area contributed by atoms with Crippen LogP contribution in [0.3, 0.4) is 0 Å². The average Bonchev–Trinajstić information content (AvgIpc) is 3.15. The van der Waals surface area contributed by atoms with Crippen molar-refractivity contribution in [2.75, 3.05) is 0 Å². The molecule has 27 heavy (non-hydrogen) atoms. The van der Waals surface area contributed by atoms with E-state index in [1.54, 1.807) is 12.1 Å². The second-order valence-electron chi connectivity index (χ2n) is 5.91. The summed E-state index contributed by atoms with van der Waals surface area (Å²) < 4.78 is 14.7. The van der Waals surface area contributed by atoms with Crippen LogP contribution >= 0.6 is 11.6 Å². The molecule has 0 aliphatic rings. The molecular formula is C22H15ClFN3. The van der Waals surface area contributed by atoms with Crippen LogP contribution in [0, 0.1) is 5.95 Å². The Kier molecular flexibility index (Phi) is 4.81. The normalized spacial score (nSPS) is 10.6. The summed E-state index contributed by atoms with van der Waals surface area (Å²) in [6.07, 6.45) is 1.53. The number of halogens is 2. The highest BCUT2D eigenvalue weighted by Gasteiger charge is 2.10. The molecule has 0 aliphatic heterocycles. The summed E-state index contributed by atoms with van der Waals surface area (Å²) in [5.74, 6) is -0.561. The first kappa shape index (κ1) is 17.2. The first-order chi connectivity index (χ1) is 13.2. The minimum Gasteiger partial charge on any atom is -0.248 e. The second kappa shape index (κ2) is 7.56. The van der Waals surface area contributed by atoms with E-state index in [0.717, 1.165) is 16.8 Å². The molecule has 0 saturated carbocycles. The molecule has 0 bridgehead atoms. The van der Waals surface area contributed by atoms with Gasteiger partial charge >= 0.3 is 0 Å². The lowest BCUT2D eigenvalue weighted by molar-refractivity contribution is 0.566. The van der Waals surface area contributed by atoms with Gasteiger partial charge < -0.3 is 0 Å². The minimum absolute atomic E-state index is 0.470. The lowest BCUT2D eigenvalue weighted by atomic mass is 10.0. The fourth-order valence-corrected chi connectivity index (χ4v) is 3.00. The molecule has 0 unspecified atom stereocenters. The van der Waals surface area contributed by atoms with Crippen molar-refractivity contribution in [2.45, 2.75) is 0 Å². The Balaban J connectivity index is 1.84. The molecule has 0 spiro atoms. The maximum atomic E-state index is 13.3. The maximum Gasteiger partial charge on any atom is 0.233 e. The number of aliphatic imine (C=N–C) groups is 1. The standard InChI is InChI=1S/C22H15ClFN3/c23-19-12-11-18(15-20(19)27-14-13-21(24)26-27)25-22(16-7-3-1-4-8-16)17-9-5-2-6-10-17/h1-15H. The summed E-state index contributed by atoms with van der Waals surface area (Å²) in [6.45, 7) is 0. The summed E-state index contributed by atoms with van der Waals surface area (Å²) in [4.78, 5) is 4.86. The van der Waals surface area contributed by atoms with E-state index in [1.165, 1.54) is 16.9 Å². The van der Waals surface area contributed by atoms with Gasteiger partial charge in [0.1, 0.15) is 0 Å². The average molecular weight is 376 g/mol. The first-order valence-corrected chi connectivity index (χ1v) is 8.79. The third-order valence-electron chi connectivity index (χ3n) is 4.07. The van der Waals surface area contributed by atoms with E-state index in [2.05, 4.69) is 5.10 Å². The second-order valence-corrected chi connectivity index (χ2v) is 6.32. The Labute approximate surface area is 161 Å². The summed E-state index contributed by atoms with van der Waals surface area (Å²) in [7, 11) is 0. The molecule has 1 heterocycles. The predicted molar refractivity (Wildman–Crippen MR) is 107 cm³/mol. The van der Waals surface area contributed by atoms with E-state index in [-0.39, 0.29) is 0 Å². The van der Waals surface area contributed by atoms with E-state index in [0.29, 0.717) is 16.4 Å². The number of hydrogen-bond acceptors (Lipinski definition) is 2. The van der Waals surface area contributed by atoms with Crippen molar-refractivity contribution in [1.29, 1.82) is 0 Å². The molecule has 0 saturated heterocycles. The molecule has 0 radical (unpaired) electrons. The third kappa shape index (κ3) is 3.81. The molecule has 3 aromatic carbocycles. The van der Waals surface area contributed by atoms with Crippen LogP contribution in [0.25, 0.3) is 5.69 Å². The summed E-state index contributed by atoms with van der Waals surface area (Å²) in [5.41, 5.74) is 4.13. The van der Waals surface area contributed by atoms with Crippen LogP contribution < -0.4 is 0 Å². The van der Waals surface area contributed by atoms with Crippen molar-refractivity contribution in [2.24, 2.45) is 4.99 Å². The predicted octanol–water partition coefficient (Wildman–Crippen LogP) is 5.83. The molecule has 0 fully saturated rings. The number of rotatable bonds is 4. The Hall–Kier alpha value is -3.24. The van der Waals surface area contributed by atoms with E-state index in [4.69, 9.17) is 16.6 Å². The van der Waals surface area contributed by atoms with Crippen LogP contribution in [0.5, 0.6) is 0 Å².